The molecule has 1 atom stereocenters. The molecule has 1 fully saturated rings. The van der Waals surface area contributed by atoms with Crippen LogP contribution in [0.5, 0.6) is 5.88 Å². The van der Waals surface area contributed by atoms with Gasteiger partial charge in [-0.2, -0.15) is 0 Å². The number of imidazole rings is 1. The maximum Gasteiger partial charge on any atom is 0.346 e. The highest BCUT2D eigenvalue weighted by Crippen LogP contribution is 2.29. The minimum absolute atomic E-state index is 0.0122. The third kappa shape index (κ3) is 5.27. The Labute approximate surface area is 232 Å². The number of hydrogen-bond acceptors (Lipinski definition) is 7. The summed E-state index contributed by atoms with van der Waals surface area (Å²) in [6, 6.07) is 15.1. The summed E-state index contributed by atoms with van der Waals surface area (Å²) in [6.07, 6.45) is 3.26. The van der Waals surface area contributed by atoms with Crippen LogP contribution >= 0.6 is 11.3 Å². The molecule has 1 saturated heterocycles. The van der Waals surface area contributed by atoms with Gasteiger partial charge in [0.2, 0.25) is 5.88 Å². The first-order valence-corrected chi connectivity index (χ1v) is 13.3. The first-order chi connectivity index (χ1) is 19.5. The highest BCUT2D eigenvalue weighted by Gasteiger charge is 2.24. The van der Waals surface area contributed by atoms with E-state index in [4.69, 9.17) is 21.0 Å². The van der Waals surface area contributed by atoms with Gasteiger partial charge in [0.25, 0.3) is 0 Å². The molecule has 6 rings (SSSR count). The minimum atomic E-state index is -0.959. The lowest BCUT2D eigenvalue weighted by molar-refractivity contribution is -0.0589. The quantitative estimate of drug-likeness (QED) is 0.226. The van der Waals surface area contributed by atoms with Crippen LogP contribution in [0.2, 0.25) is 0 Å². The van der Waals surface area contributed by atoms with Crippen LogP contribution in [0, 0.1) is 12.4 Å². The van der Waals surface area contributed by atoms with Gasteiger partial charge in [0.15, 0.2) is 5.69 Å². The number of benzene rings is 1. The van der Waals surface area contributed by atoms with Crippen molar-refractivity contribution in [2.24, 2.45) is 0 Å². The Bertz CT molecular complexity index is 1750. The van der Waals surface area contributed by atoms with E-state index in [0.29, 0.717) is 34.9 Å². The van der Waals surface area contributed by atoms with Gasteiger partial charge in [0, 0.05) is 42.1 Å². The van der Waals surface area contributed by atoms with Gasteiger partial charge in [0.1, 0.15) is 28.0 Å². The van der Waals surface area contributed by atoms with E-state index < -0.39 is 11.8 Å². The monoisotopic (exact) mass is 555 g/mol. The normalized spacial score (nSPS) is 14.6. The molecule has 5 heterocycles. The van der Waals surface area contributed by atoms with Crippen LogP contribution < -0.4 is 4.74 Å². The van der Waals surface area contributed by atoms with Crippen molar-refractivity contribution in [1.29, 1.82) is 0 Å². The Hall–Kier alpha value is -4.66. The van der Waals surface area contributed by atoms with Gasteiger partial charge < -0.3 is 19.1 Å². The van der Waals surface area contributed by atoms with Gasteiger partial charge in [-0.25, -0.2) is 24.0 Å². The molecular formula is C29H22FN5O4S. The lowest BCUT2D eigenvalue weighted by atomic mass is 10.1. The zero-order valence-corrected chi connectivity index (χ0v) is 21.9. The molecule has 9 nitrogen and oxygen atoms in total. The first-order valence-electron chi connectivity index (χ1n) is 12.5. The summed E-state index contributed by atoms with van der Waals surface area (Å²) in [5, 5.41) is 9.39. The third-order valence-corrected chi connectivity index (χ3v) is 7.65. The number of ether oxygens (including phenoxy) is 2. The Morgan fingerprint density at radius 1 is 1.23 bits per heavy atom. The molecule has 0 saturated carbocycles. The smallest absolute Gasteiger partial charge is 0.346 e. The topological polar surface area (TPSA) is 104 Å². The highest BCUT2D eigenvalue weighted by molar-refractivity contribution is 7.20. The molecule has 0 amide bonds. The van der Waals surface area contributed by atoms with Crippen LogP contribution in [-0.2, 0) is 24.3 Å². The van der Waals surface area contributed by atoms with E-state index in [2.05, 4.69) is 14.8 Å². The maximum atomic E-state index is 14.2. The lowest BCUT2D eigenvalue weighted by Crippen LogP contribution is -2.31. The zero-order chi connectivity index (χ0) is 27.6. The van der Waals surface area contributed by atoms with Crippen molar-refractivity contribution >= 4 is 33.3 Å². The van der Waals surface area contributed by atoms with Gasteiger partial charge in [0.05, 0.1) is 30.4 Å². The summed E-state index contributed by atoms with van der Waals surface area (Å²) >= 11 is 1.16. The molecule has 1 aliphatic rings. The van der Waals surface area contributed by atoms with E-state index >= 15 is 0 Å². The molecule has 0 spiro atoms. The minimum Gasteiger partial charge on any atom is -0.477 e. The van der Waals surface area contributed by atoms with Crippen LogP contribution in [0.3, 0.4) is 0 Å². The van der Waals surface area contributed by atoms with Gasteiger partial charge in [-0.05, 0) is 36.8 Å². The number of carbonyl (C=O) groups is 1. The van der Waals surface area contributed by atoms with Crippen LogP contribution in [-0.4, -0.2) is 43.3 Å². The molecular weight excluding hydrogens is 533 g/mol. The number of thiophene rings is 1. The Morgan fingerprint density at radius 2 is 2.10 bits per heavy atom. The molecule has 4 aromatic heterocycles. The summed E-state index contributed by atoms with van der Waals surface area (Å²) in [7, 11) is 0. The standard InChI is InChI=1S/C29H22FN5O4S/c1-31-19-7-6-18(22(30)11-19)16-39-27-4-2-3-23(33-27)17-5-8-20(32-14-17)12-26-34-28-24(13-25(40-28)29(36)37)35(26)15-21-9-10-38-21/h2-8,11,13-14,21H,9-10,12,15-16H2,(H,36,37). The van der Waals surface area contributed by atoms with Crippen molar-refractivity contribution in [3.05, 3.63) is 100.0 Å². The van der Waals surface area contributed by atoms with Crippen molar-refractivity contribution in [3.8, 4) is 17.1 Å². The molecule has 11 heteroatoms. The number of nitrogens with zero attached hydrogens (tertiary/aromatic N) is 5. The largest absolute Gasteiger partial charge is 0.477 e. The number of fused-ring (bicyclic) bond motifs is 1. The van der Waals surface area contributed by atoms with Crippen molar-refractivity contribution in [2.75, 3.05) is 6.61 Å². The van der Waals surface area contributed by atoms with Crippen LogP contribution in [0.15, 0.2) is 60.8 Å². The molecule has 5 aromatic rings. The van der Waals surface area contributed by atoms with Crippen LogP contribution in [0.4, 0.5) is 10.1 Å². The third-order valence-electron chi connectivity index (χ3n) is 6.64. The molecule has 1 aliphatic heterocycles. The summed E-state index contributed by atoms with van der Waals surface area (Å²) < 4.78 is 27.6. The van der Waals surface area contributed by atoms with Gasteiger partial charge >= 0.3 is 5.97 Å². The second-order valence-electron chi connectivity index (χ2n) is 9.28. The number of aromatic nitrogens is 4. The molecule has 0 radical (unpaired) electrons. The van der Waals surface area contributed by atoms with Crippen LogP contribution in [0.1, 0.15) is 33.2 Å². The van der Waals surface area contributed by atoms with E-state index in [9.17, 15) is 14.3 Å². The van der Waals surface area contributed by atoms with Crippen molar-refractivity contribution < 1.29 is 23.8 Å². The number of rotatable bonds is 9. The van der Waals surface area contributed by atoms with Gasteiger partial charge in [-0.15, -0.1) is 11.3 Å². The predicted octanol–water partition coefficient (Wildman–Crippen LogP) is 5.90. The van der Waals surface area contributed by atoms with Crippen molar-refractivity contribution in [2.45, 2.75) is 32.1 Å². The van der Waals surface area contributed by atoms with E-state index in [-0.39, 0.29) is 23.3 Å². The van der Waals surface area contributed by atoms with Gasteiger partial charge in [-0.1, -0.05) is 18.2 Å². The van der Waals surface area contributed by atoms with E-state index in [0.717, 1.165) is 47.0 Å². The highest BCUT2D eigenvalue weighted by atomic mass is 32.1. The number of carboxylic acids is 1. The number of pyridine rings is 2. The van der Waals surface area contributed by atoms with E-state index in [1.54, 1.807) is 30.5 Å². The zero-order valence-electron chi connectivity index (χ0n) is 21.1. The average molecular weight is 556 g/mol. The molecule has 0 aliphatic carbocycles. The summed E-state index contributed by atoms with van der Waals surface area (Å²) in [4.78, 5) is 29.5. The molecule has 1 aromatic carbocycles. The Morgan fingerprint density at radius 3 is 2.80 bits per heavy atom. The number of aromatic carboxylic acids is 1. The van der Waals surface area contributed by atoms with Crippen molar-refractivity contribution in [3.63, 3.8) is 0 Å². The number of carboxylic acid groups (broad SMARTS) is 1. The maximum absolute atomic E-state index is 14.2. The molecule has 1 unspecified atom stereocenters. The summed E-state index contributed by atoms with van der Waals surface area (Å²) in [5.41, 5.74) is 3.63. The Kier molecular flexibility index (Phi) is 6.94. The predicted molar refractivity (Wildman–Crippen MR) is 146 cm³/mol. The fourth-order valence-electron chi connectivity index (χ4n) is 4.41. The summed E-state index contributed by atoms with van der Waals surface area (Å²) in [6.45, 7) is 8.32. The number of halogens is 1. The molecule has 1 N–H and O–H groups in total. The second-order valence-corrected chi connectivity index (χ2v) is 10.3. The molecule has 0 bridgehead atoms. The SMILES string of the molecule is [C-]#[N+]c1ccc(COc2cccc(-c3ccc(Cc4nc5sc(C(=O)O)cc5n4CC4CCO4)nc3)n2)c(F)c1. The second kappa shape index (κ2) is 10.8. The summed E-state index contributed by atoms with van der Waals surface area (Å²) in [5.74, 6) is -0.304. The van der Waals surface area contributed by atoms with E-state index in [1.165, 1.54) is 12.1 Å². The van der Waals surface area contributed by atoms with Crippen LogP contribution in [0.25, 0.3) is 26.4 Å². The number of hydrogen-bond donors (Lipinski definition) is 1. The fourth-order valence-corrected chi connectivity index (χ4v) is 5.30. The molecule has 200 valence electrons. The average Bonchev–Trinajstić information content (AvgIpc) is 3.49. The first kappa shape index (κ1) is 25.6. The van der Waals surface area contributed by atoms with E-state index in [1.807, 2.05) is 22.8 Å². The fraction of sp³-hybridized carbons (Fsp3) is 0.207. The van der Waals surface area contributed by atoms with Crippen molar-refractivity contribution in [1.82, 2.24) is 19.5 Å². The molecule has 40 heavy (non-hydrogen) atoms. The van der Waals surface area contributed by atoms with Gasteiger partial charge in [-0.3, -0.25) is 4.98 Å². The lowest BCUT2D eigenvalue weighted by Gasteiger charge is -2.27. The Balaban J connectivity index is 1.18.